The Morgan fingerprint density at radius 3 is 2.00 bits per heavy atom. The maximum absolute atomic E-state index is 13.9. The maximum atomic E-state index is 13.9. The minimum atomic E-state index is -1.31. The van der Waals surface area contributed by atoms with Gasteiger partial charge in [-0.15, -0.1) is 0 Å². The Hall–Kier alpha value is -2.76. The molecule has 0 heterocycles. The number of benzene rings is 2. The molecule has 0 radical (unpaired) electrons. The van der Waals surface area contributed by atoms with E-state index in [1.165, 1.54) is 31.2 Å². The molecule has 0 spiro atoms. The van der Waals surface area contributed by atoms with Crippen molar-refractivity contribution in [3.63, 3.8) is 0 Å². The molecular formula is C19H18F2N2O2. The summed E-state index contributed by atoms with van der Waals surface area (Å²) >= 11 is 0. The summed E-state index contributed by atoms with van der Waals surface area (Å²) in [7, 11) is 0. The van der Waals surface area contributed by atoms with Crippen LogP contribution in [0.2, 0.25) is 0 Å². The fraction of sp³-hybridized carbons (Fsp3) is 0.263. The Kier molecular flexibility index (Phi) is 4.29. The molecule has 25 heavy (non-hydrogen) atoms. The first kappa shape index (κ1) is 17.1. The summed E-state index contributed by atoms with van der Waals surface area (Å²) < 4.78 is 27.8. The van der Waals surface area contributed by atoms with Gasteiger partial charge < -0.3 is 11.1 Å². The van der Waals surface area contributed by atoms with Crippen molar-refractivity contribution in [1.29, 1.82) is 0 Å². The standard InChI is InChI=1S/C19H18F2N2O2/c1-11(24)23-8-2-7-19(18(22)25)16-9-12(20)3-5-14(16)15-6-4-13(21)10-17(15)19/h3-6,9-10H,2,7-8H2,1H3,(H2,22,25)(H,23,24). The third kappa shape index (κ3) is 2.77. The fourth-order valence-electron chi connectivity index (χ4n) is 3.63. The van der Waals surface area contributed by atoms with Crippen LogP contribution in [0.25, 0.3) is 11.1 Å². The summed E-state index contributed by atoms with van der Waals surface area (Å²) in [6, 6.07) is 8.35. The lowest BCUT2D eigenvalue weighted by Crippen LogP contribution is -2.41. The number of fused-ring (bicyclic) bond motifs is 3. The van der Waals surface area contributed by atoms with Gasteiger partial charge in [0, 0.05) is 13.5 Å². The zero-order chi connectivity index (χ0) is 18.2. The fourth-order valence-corrected chi connectivity index (χ4v) is 3.63. The molecular weight excluding hydrogens is 326 g/mol. The van der Waals surface area contributed by atoms with Crippen molar-refractivity contribution in [2.24, 2.45) is 5.73 Å². The molecule has 2 aromatic carbocycles. The average molecular weight is 344 g/mol. The van der Waals surface area contributed by atoms with Crippen LogP contribution in [0.15, 0.2) is 36.4 Å². The molecule has 0 unspecified atom stereocenters. The molecule has 0 atom stereocenters. The summed E-state index contributed by atoms with van der Waals surface area (Å²) in [5.41, 5.74) is 6.67. The van der Waals surface area contributed by atoms with Crippen molar-refractivity contribution in [3.8, 4) is 11.1 Å². The largest absolute Gasteiger partial charge is 0.369 e. The van der Waals surface area contributed by atoms with E-state index in [9.17, 15) is 18.4 Å². The molecule has 3 N–H and O–H groups in total. The third-order valence-electron chi connectivity index (χ3n) is 4.70. The molecule has 0 bridgehead atoms. The van der Waals surface area contributed by atoms with E-state index in [0.717, 1.165) is 0 Å². The zero-order valence-corrected chi connectivity index (χ0v) is 13.7. The quantitative estimate of drug-likeness (QED) is 0.819. The predicted octanol–water partition coefficient (Wildman–Crippen LogP) is 2.63. The van der Waals surface area contributed by atoms with E-state index in [-0.39, 0.29) is 12.3 Å². The van der Waals surface area contributed by atoms with Crippen LogP contribution >= 0.6 is 0 Å². The monoisotopic (exact) mass is 344 g/mol. The van der Waals surface area contributed by atoms with Crippen LogP contribution in [0.3, 0.4) is 0 Å². The number of nitrogens with one attached hydrogen (secondary N) is 1. The summed E-state index contributed by atoms with van der Waals surface area (Å²) in [6.45, 7) is 1.74. The first-order chi connectivity index (χ1) is 11.9. The first-order valence-electron chi connectivity index (χ1n) is 8.01. The van der Waals surface area contributed by atoms with Crippen LogP contribution in [0.4, 0.5) is 8.78 Å². The van der Waals surface area contributed by atoms with Crippen molar-refractivity contribution < 1.29 is 18.4 Å². The second-order valence-corrected chi connectivity index (χ2v) is 6.24. The van der Waals surface area contributed by atoms with Gasteiger partial charge >= 0.3 is 0 Å². The van der Waals surface area contributed by atoms with Gasteiger partial charge in [-0.1, -0.05) is 12.1 Å². The van der Waals surface area contributed by atoms with Crippen LogP contribution in [0, 0.1) is 11.6 Å². The van der Waals surface area contributed by atoms with Gasteiger partial charge in [0.1, 0.15) is 17.0 Å². The molecule has 3 rings (SSSR count). The number of amides is 2. The van der Waals surface area contributed by atoms with E-state index in [1.54, 1.807) is 12.1 Å². The summed E-state index contributed by atoms with van der Waals surface area (Å²) in [5.74, 6) is -1.82. The zero-order valence-electron chi connectivity index (χ0n) is 13.7. The van der Waals surface area contributed by atoms with Gasteiger partial charge in [-0.05, 0) is 59.4 Å². The molecule has 0 aromatic heterocycles. The first-order valence-corrected chi connectivity index (χ1v) is 8.01. The lowest BCUT2D eigenvalue weighted by molar-refractivity contribution is -0.122. The highest BCUT2D eigenvalue weighted by Gasteiger charge is 2.48. The highest BCUT2D eigenvalue weighted by Crippen LogP contribution is 2.51. The van der Waals surface area contributed by atoms with E-state index in [0.29, 0.717) is 35.2 Å². The van der Waals surface area contributed by atoms with Gasteiger partial charge in [0.15, 0.2) is 0 Å². The molecule has 0 saturated heterocycles. The van der Waals surface area contributed by atoms with Gasteiger partial charge in [0.25, 0.3) is 0 Å². The van der Waals surface area contributed by atoms with Gasteiger partial charge in [0.2, 0.25) is 11.8 Å². The summed E-state index contributed by atoms with van der Waals surface area (Å²) in [5, 5.41) is 2.66. The normalized spacial score (nSPS) is 13.9. The second kappa shape index (κ2) is 6.27. The maximum Gasteiger partial charge on any atom is 0.232 e. The number of primary amides is 1. The molecule has 4 nitrogen and oxygen atoms in total. The van der Waals surface area contributed by atoms with Crippen molar-refractivity contribution in [3.05, 3.63) is 59.2 Å². The van der Waals surface area contributed by atoms with E-state index >= 15 is 0 Å². The molecule has 6 heteroatoms. The van der Waals surface area contributed by atoms with E-state index in [2.05, 4.69) is 5.32 Å². The molecule has 130 valence electrons. The molecule has 0 saturated carbocycles. The van der Waals surface area contributed by atoms with Crippen LogP contribution in [0.5, 0.6) is 0 Å². The van der Waals surface area contributed by atoms with E-state index < -0.39 is 23.0 Å². The second-order valence-electron chi connectivity index (χ2n) is 6.24. The van der Waals surface area contributed by atoms with Crippen LogP contribution in [0.1, 0.15) is 30.9 Å². The average Bonchev–Trinajstić information content (AvgIpc) is 2.81. The molecule has 2 amide bonds. The van der Waals surface area contributed by atoms with Crippen LogP contribution < -0.4 is 11.1 Å². The van der Waals surface area contributed by atoms with E-state index in [1.807, 2.05) is 0 Å². The minimum absolute atomic E-state index is 0.183. The number of hydrogen-bond donors (Lipinski definition) is 2. The Morgan fingerprint density at radius 2 is 1.56 bits per heavy atom. The number of carbonyl (C=O) groups is 2. The Balaban J connectivity index is 2.13. The SMILES string of the molecule is CC(=O)NCCCC1(C(N)=O)c2cc(F)ccc2-c2ccc(F)cc21. The lowest BCUT2D eigenvalue weighted by atomic mass is 9.74. The van der Waals surface area contributed by atoms with Gasteiger partial charge in [-0.25, -0.2) is 8.78 Å². The molecule has 0 aliphatic heterocycles. The number of hydrogen-bond acceptors (Lipinski definition) is 2. The number of carbonyl (C=O) groups excluding carboxylic acids is 2. The highest BCUT2D eigenvalue weighted by atomic mass is 19.1. The summed E-state index contributed by atoms with van der Waals surface area (Å²) in [6.07, 6.45) is 0.684. The molecule has 1 aliphatic rings. The van der Waals surface area contributed by atoms with Crippen molar-refractivity contribution in [1.82, 2.24) is 5.32 Å². The molecule has 0 fully saturated rings. The molecule has 2 aromatic rings. The lowest BCUT2D eigenvalue weighted by Gasteiger charge is -2.28. The van der Waals surface area contributed by atoms with Crippen molar-refractivity contribution in [2.45, 2.75) is 25.2 Å². The molecule has 1 aliphatic carbocycles. The number of halogens is 2. The highest BCUT2D eigenvalue weighted by molar-refractivity contribution is 5.99. The number of rotatable bonds is 5. The van der Waals surface area contributed by atoms with Gasteiger partial charge in [0.05, 0.1) is 0 Å². The van der Waals surface area contributed by atoms with Gasteiger partial charge in [-0.3, -0.25) is 9.59 Å². The van der Waals surface area contributed by atoms with E-state index in [4.69, 9.17) is 5.73 Å². The van der Waals surface area contributed by atoms with Crippen molar-refractivity contribution in [2.75, 3.05) is 6.54 Å². The smallest absolute Gasteiger partial charge is 0.232 e. The Morgan fingerprint density at radius 1 is 1.04 bits per heavy atom. The van der Waals surface area contributed by atoms with Crippen LogP contribution in [-0.4, -0.2) is 18.4 Å². The topological polar surface area (TPSA) is 72.2 Å². The minimum Gasteiger partial charge on any atom is -0.369 e. The van der Waals surface area contributed by atoms with Crippen LogP contribution in [-0.2, 0) is 15.0 Å². The third-order valence-corrected chi connectivity index (χ3v) is 4.70. The van der Waals surface area contributed by atoms with Gasteiger partial charge in [-0.2, -0.15) is 0 Å². The van der Waals surface area contributed by atoms with Crippen molar-refractivity contribution >= 4 is 11.8 Å². The predicted molar refractivity (Wildman–Crippen MR) is 89.7 cm³/mol. The Bertz CT molecular complexity index is 813. The Labute approximate surface area is 144 Å². The summed E-state index contributed by atoms with van der Waals surface area (Å²) in [4.78, 5) is 23.5. The number of nitrogens with two attached hydrogens (primary N) is 1.